The maximum atomic E-state index is 9.27. The zero-order valence-corrected chi connectivity index (χ0v) is 3.97. The van der Waals surface area contributed by atoms with Crippen molar-refractivity contribution < 1.29 is 8.42 Å². The Labute approximate surface area is 34.2 Å². The molecule has 0 radical (unpaired) electrons. The number of hydrogen-bond donors (Lipinski definition) is 0. The van der Waals surface area contributed by atoms with Gasteiger partial charge in [0.25, 0.3) is 9.26 Å². The molecule has 0 atom stereocenters. The Balaban J connectivity index is 5.08. The Hall–Kier alpha value is -0.0900. The van der Waals surface area contributed by atoms with Crippen LogP contribution in [0.1, 0.15) is 0 Å². The lowest BCUT2D eigenvalue weighted by Crippen LogP contribution is -1.42. The van der Waals surface area contributed by atoms with E-state index in [1.54, 1.807) is 0 Å². The summed E-state index contributed by atoms with van der Waals surface area (Å²) in [5.41, 5.74) is 0. The van der Waals surface area contributed by atoms with E-state index in [1.807, 2.05) is 0 Å². The van der Waals surface area contributed by atoms with Gasteiger partial charge in [0, 0.05) is 0 Å². The molecule has 0 amide bonds. The minimum Gasteiger partial charge on any atom is -0.173 e. The molecule has 4 heteroatoms. The summed E-state index contributed by atoms with van der Waals surface area (Å²) in [6, 6.07) is 0. The zero-order valence-electron chi connectivity index (χ0n) is 2.34. The molecule has 0 spiro atoms. The third-order valence-electron chi connectivity index (χ3n) is 0.0962. The highest BCUT2D eigenvalue weighted by Gasteiger charge is 1.39. The summed E-state index contributed by atoms with van der Waals surface area (Å²) in [5, 5.41) is 0. The van der Waals surface area contributed by atoms with E-state index in [-0.39, 0.29) is 0 Å². The molecular weight excluding hydrogens is 108 g/mol. The van der Waals surface area contributed by atoms with Crippen LogP contribution >= 0.6 is 0 Å². The summed E-state index contributed by atoms with van der Waals surface area (Å²) < 4.78 is 18.5. The lowest BCUT2D eigenvalue weighted by Gasteiger charge is -1.26. The van der Waals surface area contributed by atoms with Crippen LogP contribution in [0, 0.1) is 0 Å². The van der Waals surface area contributed by atoms with E-state index in [0.29, 0.717) is 9.91 Å². The first-order valence-electron chi connectivity index (χ1n) is 0.789. The first kappa shape index (κ1) is 4.91. The fourth-order valence-electron chi connectivity index (χ4n) is 0. The van der Waals surface area contributed by atoms with Crippen LogP contribution in [0.25, 0.3) is 0 Å². The SMILES string of the molecule is C=S=S(=O)=O. The van der Waals surface area contributed by atoms with Crippen molar-refractivity contribution in [2.45, 2.75) is 0 Å². The molecule has 0 N–H and O–H groups in total. The van der Waals surface area contributed by atoms with Crippen LogP contribution in [0.15, 0.2) is 0 Å². The highest BCUT2D eigenvalue weighted by atomic mass is 32.8. The van der Waals surface area contributed by atoms with E-state index in [1.165, 1.54) is 0 Å². The Bertz CT molecular complexity index is 138. The Kier molecular flexibility index (Phi) is 2.13. The van der Waals surface area contributed by atoms with Gasteiger partial charge in [-0.2, -0.15) is 8.42 Å². The predicted molar refractivity (Wildman–Crippen MR) is 23.4 cm³/mol. The molecule has 5 heavy (non-hydrogen) atoms. The van der Waals surface area contributed by atoms with E-state index in [4.69, 9.17) is 0 Å². The minimum absolute atomic E-state index is 0.546. The van der Waals surface area contributed by atoms with Crippen molar-refractivity contribution in [3.05, 3.63) is 0 Å². The normalized spacial score (nSPS) is 6.40. The lowest BCUT2D eigenvalue weighted by molar-refractivity contribution is 0.628. The van der Waals surface area contributed by atoms with Gasteiger partial charge in [-0.05, 0) is 15.8 Å². The van der Waals surface area contributed by atoms with Crippen molar-refractivity contribution in [3.8, 4) is 0 Å². The third-order valence-corrected chi connectivity index (χ3v) is 0.866. The topological polar surface area (TPSA) is 34.1 Å². The third kappa shape index (κ3) is 3.91. The van der Waals surface area contributed by atoms with Gasteiger partial charge in [-0.1, -0.05) is 0 Å². The average Bonchev–Trinajstić information content (AvgIpc) is 1.38. The molecule has 0 aliphatic heterocycles. The van der Waals surface area contributed by atoms with Crippen LogP contribution in [0.4, 0.5) is 0 Å². The molecule has 0 saturated carbocycles. The molecule has 0 heterocycles. The van der Waals surface area contributed by atoms with Crippen molar-refractivity contribution in [1.29, 1.82) is 0 Å². The van der Waals surface area contributed by atoms with Gasteiger partial charge in [0.05, 0.1) is 0 Å². The van der Waals surface area contributed by atoms with Crippen LogP contribution in [0.2, 0.25) is 0 Å². The largest absolute Gasteiger partial charge is 0.272 e. The van der Waals surface area contributed by atoms with Gasteiger partial charge in [0.1, 0.15) is 0 Å². The maximum absolute atomic E-state index is 9.27. The Morgan fingerprint density at radius 1 is 1.60 bits per heavy atom. The van der Waals surface area contributed by atoms with Crippen molar-refractivity contribution >= 4 is 25.0 Å². The van der Waals surface area contributed by atoms with E-state index in [0.717, 1.165) is 0 Å². The smallest absolute Gasteiger partial charge is 0.173 e. The van der Waals surface area contributed by atoms with Gasteiger partial charge in [0.15, 0.2) is 0 Å². The van der Waals surface area contributed by atoms with Gasteiger partial charge >= 0.3 is 0 Å². The first-order valence-corrected chi connectivity index (χ1v) is 3.37. The molecule has 0 saturated heterocycles. The van der Waals surface area contributed by atoms with Gasteiger partial charge in [-0.25, -0.2) is 0 Å². The highest BCUT2D eigenvalue weighted by molar-refractivity contribution is 8.22. The second-order valence-electron chi connectivity index (χ2n) is 0.322. The summed E-state index contributed by atoms with van der Waals surface area (Å²) in [4.78, 5) is 0. The molecule has 0 fully saturated rings. The van der Waals surface area contributed by atoms with Gasteiger partial charge in [-0.3, -0.25) is 0 Å². The summed E-state index contributed by atoms with van der Waals surface area (Å²) >= 11 is 0. The van der Waals surface area contributed by atoms with E-state index in [9.17, 15) is 8.42 Å². The average molecular weight is 110 g/mol. The molecule has 0 bridgehead atoms. The van der Waals surface area contributed by atoms with Crippen LogP contribution in [0.3, 0.4) is 0 Å². The summed E-state index contributed by atoms with van der Waals surface area (Å²) in [6.45, 7) is 0. The summed E-state index contributed by atoms with van der Waals surface area (Å²) in [7, 11) is -1.47. The molecule has 0 unspecified atom stereocenters. The highest BCUT2D eigenvalue weighted by Crippen LogP contribution is 1.21. The van der Waals surface area contributed by atoms with Crippen molar-refractivity contribution in [2.75, 3.05) is 0 Å². The number of rotatable bonds is 0. The molecule has 0 aromatic carbocycles. The van der Waals surface area contributed by atoms with Crippen LogP contribution in [-0.4, -0.2) is 14.3 Å². The monoisotopic (exact) mass is 110 g/mol. The quantitative estimate of drug-likeness (QED) is 0.386. The van der Waals surface area contributed by atoms with Crippen molar-refractivity contribution in [2.24, 2.45) is 0 Å². The van der Waals surface area contributed by atoms with Crippen LogP contribution in [0.5, 0.6) is 0 Å². The van der Waals surface area contributed by atoms with Gasteiger partial charge < -0.3 is 0 Å². The molecule has 0 aromatic rings. The fraction of sp³-hybridized carbons (Fsp3) is 0. The van der Waals surface area contributed by atoms with Crippen molar-refractivity contribution in [1.82, 2.24) is 0 Å². The Morgan fingerprint density at radius 3 is 1.80 bits per heavy atom. The second kappa shape index (κ2) is 2.17. The van der Waals surface area contributed by atoms with Crippen LogP contribution in [-0.2, 0) is 19.2 Å². The molecule has 0 aliphatic carbocycles. The molecule has 0 aromatic heterocycles. The van der Waals surface area contributed by atoms with E-state index >= 15 is 0 Å². The Morgan fingerprint density at radius 2 is 1.80 bits per heavy atom. The minimum atomic E-state index is -2.02. The van der Waals surface area contributed by atoms with Gasteiger partial charge in [-0.15, -0.1) is 0 Å². The second-order valence-corrected chi connectivity index (χ2v) is 2.49. The molecule has 30 valence electrons. The molecule has 0 rings (SSSR count). The summed E-state index contributed by atoms with van der Waals surface area (Å²) in [6.07, 6.45) is 0. The lowest BCUT2D eigenvalue weighted by atomic mass is 12.0. The van der Waals surface area contributed by atoms with Gasteiger partial charge in [0.2, 0.25) is 0 Å². The van der Waals surface area contributed by atoms with Crippen LogP contribution < -0.4 is 0 Å². The molecule has 2 nitrogen and oxygen atoms in total. The van der Waals surface area contributed by atoms with E-state index in [2.05, 4.69) is 5.87 Å². The molecular formula is CH2O2S2. The summed E-state index contributed by atoms with van der Waals surface area (Å²) in [5.74, 6) is 2.99. The van der Waals surface area contributed by atoms with Crippen molar-refractivity contribution in [3.63, 3.8) is 0 Å². The zero-order chi connectivity index (χ0) is 4.28. The standard InChI is InChI=1S/CH2O2S2/c1-4-5(2)3/h1H2. The molecule has 0 aliphatic rings. The first-order chi connectivity index (χ1) is 2.27. The predicted octanol–water partition coefficient (Wildman–Crippen LogP) is -0.705. The number of hydrogen-bond acceptors (Lipinski definition) is 2. The van der Waals surface area contributed by atoms with E-state index < -0.39 is 9.26 Å². The maximum Gasteiger partial charge on any atom is 0.272 e. The fourth-order valence-corrected chi connectivity index (χ4v) is 0.